The first-order chi connectivity index (χ1) is 23.5. The van der Waals surface area contributed by atoms with E-state index in [0.717, 1.165) is 23.8 Å². The highest BCUT2D eigenvalue weighted by Gasteiger charge is 2.32. The van der Waals surface area contributed by atoms with Crippen LogP contribution in [0, 0.1) is 0 Å². The van der Waals surface area contributed by atoms with Crippen molar-refractivity contribution in [1.82, 2.24) is 34.0 Å². The SMILES string of the molecule is CCc1c(N2CCN(C(=O)CNc3ncccn3)CC2)c(=O)n2nc(C3=CCOCC3)nc2n1CC(=O)Nc1ccc(C(F)(F)F)cc1Cl. The Morgan fingerprint density at radius 3 is 2.51 bits per heavy atom. The molecule has 0 saturated carbocycles. The fourth-order valence-electron chi connectivity index (χ4n) is 5.76. The zero-order chi connectivity index (χ0) is 34.7. The molecule has 0 bridgehead atoms. The number of benzene rings is 1. The van der Waals surface area contributed by atoms with Crippen LogP contribution in [-0.2, 0) is 33.5 Å². The van der Waals surface area contributed by atoms with Gasteiger partial charge in [0.2, 0.25) is 23.5 Å². The molecule has 2 aliphatic rings. The second kappa shape index (κ2) is 14.2. The van der Waals surface area contributed by atoms with Crippen molar-refractivity contribution < 1.29 is 27.5 Å². The number of carbonyl (C=O) groups is 2. The number of hydrogen-bond donors (Lipinski definition) is 2. The number of carbonyl (C=O) groups excluding carboxylic acids is 2. The summed E-state index contributed by atoms with van der Waals surface area (Å²) in [5, 5.41) is 9.76. The summed E-state index contributed by atoms with van der Waals surface area (Å²) in [4.78, 5) is 56.8. The minimum atomic E-state index is -4.60. The Morgan fingerprint density at radius 1 is 1.10 bits per heavy atom. The van der Waals surface area contributed by atoms with Crippen molar-refractivity contribution in [2.75, 3.05) is 61.5 Å². The summed E-state index contributed by atoms with van der Waals surface area (Å²) in [6.45, 7) is 3.66. The second-order valence-electron chi connectivity index (χ2n) is 11.3. The molecule has 18 heteroatoms. The minimum absolute atomic E-state index is 0.00127. The number of nitrogens with one attached hydrogen (secondary N) is 2. The number of halogens is 4. The summed E-state index contributed by atoms with van der Waals surface area (Å²) in [5.74, 6) is 0.0340. The largest absolute Gasteiger partial charge is 0.416 e. The van der Waals surface area contributed by atoms with Crippen LogP contribution in [0.4, 0.5) is 30.5 Å². The minimum Gasteiger partial charge on any atom is -0.377 e. The van der Waals surface area contributed by atoms with Gasteiger partial charge in [-0.25, -0.2) is 9.97 Å². The molecule has 2 N–H and O–H groups in total. The molecule has 6 rings (SSSR count). The molecule has 2 aliphatic heterocycles. The summed E-state index contributed by atoms with van der Waals surface area (Å²) < 4.78 is 47.7. The van der Waals surface area contributed by atoms with Gasteiger partial charge >= 0.3 is 6.18 Å². The molecule has 4 aromatic rings. The van der Waals surface area contributed by atoms with Gasteiger partial charge in [-0.15, -0.1) is 5.10 Å². The van der Waals surface area contributed by atoms with Crippen LogP contribution in [0.5, 0.6) is 0 Å². The van der Waals surface area contributed by atoms with Crippen LogP contribution < -0.4 is 21.1 Å². The first kappa shape index (κ1) is 33.9. The van der Waals surface area contributed by atoms with Crippen LogP contribution in [0.15, 0.2) is 47.5 Å². The van der Waals surface area contributed by atoms with E-state index in [1.165, 1.54) is 4.52 Å². The molecule has 0 aliphatic carbocycles. The predicted octanol–water partition coefficient (Wildman–Crippen LogP) is 3.12. The smallest absolute Gasteiger partial charge is 0.377 e. The van der Waals surface area contributed by atoms with E-state index >= 15 is 0 Å². The third-order valence-corrected chi connectivity index (χ3v) is 8.51. The number of aromatic nitrogens is 6. The van der Waals surface area contributed by atoms with Crippen LogP contribution >= 0.6 is 11.6 Å². The Hall–Kier alpha value is -5.03. The zero-order valence-corrected chi connectivity index (χ0v) is 27.1. The molecule has 5 heterocycles. The fourth-order valence-corrected chi connectivity index (χ4v) is 5.99. The third-order valence-electron chi connectivity index (χ3n) is 8.20. The number of alkyl halides is 3. The molecule has 2 amide bonds. The normalized spacial score (nSPS) is 15.3. The van der Waals surface area contributed by atoms with Crippen LogP contribution in [0.2, 0.25) is 5.02 Å². The molecule has 1 saturated heterocycles. The molecule has 49 heavy (non-hydrogen) atoms. The van der Waals surface area contributed by atoms with Crippen molar-refractivity contribution in [2.45, 2.75) is 32.5 Å². The van der Waals surface area contributed by atoms with Gasteiger partial charge in [-0.1, -0.05) is 24.6 Å². The standard InChI is InChI=1S/C31H32ClF3N10O4/c1-2-23-26(43-12-10-42(11-13-43)25(47)17-38-29-36-8-3-9-37-29)28(48)45-30(40-27(41-45)19-6-14-49-15-7-19)44(23)18-24(46)39-22-5-4-20(16-21(22)32)31(33,34)35/h3-6,8-9,16H,2,7,10-15,17-18H2,1H3,(H,39,46)(H,36,37,38). The Bertz CT molecular complexity index is 1960. The molecule has 258 valence electrons. The molecule has 0 atom stereocenters. The van der Waals surface area contributed by atoms with E-state index < -0.39 is 23.2 Å². The van der Waals surface area contributed by atoms with Crippen molar-refractivity contribution in [2.24, 2.45) is 0 Å². The molecule has 3 aromatic heterocycles. The summed E-state index contributed by atoms with van der Waals surface area (Å²) >= 11 is 6.11. The molecule has 14 nitrogen and oxygen atoms in total. The van der Waals surface area contributed by atoms with Crippen LogP contribution in [-0.4, -0.2) is 91.8 Å². The van der Waals surface area contributed by atoms with Gasteiger partial charge in [0, 0.05) is 38.6 Å². The number of ether oxygens (including phenoxy) is 1. The molecule has 0 radical (unpaired) electrons. The predicted molar refractivity (Wildman–Crippen MR) is 174 cm³/mol. The van der Waals surface area contributed by atoms with E-state index in [-0.39, 0.29) is 35.5 Å². The number of fused-ring (bicyclic) bond motifs is 1. The van der Waals surface area contributed by atoms with Crippen molar-refractivity contribution in [3.05, 3.63) is 75.2 Å². The van der Waals surface area contributed by atoms with E-state index in [0.29, 0.717) is 75.4 Å². The van der Waals surface area contributed by atoms with Crippen molar-refractivity contribution in [3.63, 3.8) is 0 Å². The van der Waals surface area contributed by atoms with E-state index in [2.05, 4.69) is 30.7 Å². The van der Waals surface area contributed by atoms with Gasteiger partial charge in [0.15, 0.2) is 5.82 Å². The average Bonchev–Trinajstić information content (AvgIpc) is 3.56. The number of anilines is 3. The first-order valence-electron chi connectivity index (χ1n) is 15.5. The highest BCUT2D eigenvalue weighted by Crippen LogP contribution is 2.34. The quantitative estimate of drug-likeness (QED) is 0.267. The average molecular weight is 701 g/mol. The maximum absolute atomic E-state index is 14.1. The maximum Gasteiger partial charge on any atom is 0.416 e. The number of rotatable bonds is 9. The highest BCUT2D eigenvalue weighted by molar-refractivity contribution is 6.33. The lowest BCUT2D eigenvalue weighted by Crippen LogP contribution is -2.52. The summed E-state index contributed by atoms with van der Waals surface area (Å²) in [6.07, 6.45) is 1.24. The number of hydrogen-bond acceptors (Lipinski definition) is 10. The van der Waals surface area contributed by atoms with Crippen LogP contribution in [0.3, 0.4) is 0 Å². The first-order valence-corrected chi connectivity index (χ1v) is 15.9. The van der Waals surface area contributed by atoms with Crippen molar-refractivity contribution in [3.8, 4) is 0 Å². The van der Waals surface area contributed by atoms with Gasteiger partial charge in [-0.3, -0.25) is 14.4 Å². The van der Waals surface area contributed by atoms with Crippen LogP contribution in [0.25, 0.3) is 11.4 Å². The third kappa shape index (κ3) is 7.36. The fraction of sp³-hybridized carbons (Fsp3) is 0.387. The monoisotopic (exact) mass is 700 g/mol. The number of piperazine rings is 1. The van der Waals surface area contributed by atoms with Crippen LogP contribution in [0.1, 0.15) is 30.4 Å². The van der Waals surface area contributed by atoms with Gasteiger partial charge in [0.1, 0.15) is 12.2 Å². The highest BCUT2D eigenvalue weighted by atomic mass is 35.5. The zero-order valence-electron chi connectivity index (χ0n) is 26.3. The van der Waals surface area contributed by atoms with E-state index in [1.807, 2.05) is 17.9 Å². The van der Waals surface area contributed by atoms with Gasteiger partial charge in [-0.2, -0.15) is 22.7 Å². The topological polar surface area (TPSA) is 152 Å². The second-order valence-corrected chi connectivity index (χ2v) is 11.7. The Kier molecular flexibility index (Phi) is 9.82. The Labute approximate surface area is 282 Å². The molecule has 0 unspecified atom stereocenters. The van der Waals surface area contributed by atoms with Crippen molar-refractivity contribution in [1.29, 1.82) is 0 Å². The lowest BCUT2D eigenvalue weighted by atomic mass is 10.1. The molecule has 0 spiro atoms. The Balaban J connectivity index is 1.29. The van der Waals surface area contributed by atoms with E-state index in [9.17, 15) is 27.6 Å². The van der Waals surface area contributed by atoms with Gasteiger partial charge in [0.05, 0.1) is 41.7 Å². The van der Waals surface area contributed by atoms with Gasteiger partial charge in [-0.05, 0) is 42.7 Å². The summed E-state index contributed by atoms with van der Waals surface area (Å²) in [5.41, 5.74) is 0.242. The molecule has 1 fully saturated rings. The Morgan fingerprint density at radius 2 is 1.86 bits per heavy atom. The lowest BCUT2D eigenvalue weighted by molar-refractivity contribution is -0.137. The molecular weight excluding hydrogens is 669 g/mol. The number of amides is 2. The van der Waals surface area contributed by atoms with E-state index in [4.69, 9.17) is 16.3 Å². The van der Waals surface area contributed by atoms with E-state index in [1.54, 1.807) is 27.9 Å². The van der Waals surface area contributed by atoms with Gasteiger partial charge in [0.25, 0.3) is 5.56 Å². The molecule has 1 aromatic carbocycles. The summed E-state index contributed by atoms with van der Waals surface area (Å²) in [7, 11) is 0. The summed E-state index contributed by atoms with van der Waals surface area (Å²) in [6, 6.07) is 4.33. The maximum atomic E-state index is 14.1. The van der Waals surface area contributed by atoms with Gasteiger partial charge < -0.3 is 29.7 Å². The lowest BCUT2D eigenvalue weighted by Gasteiger charge is -2.36. The molecular formula is C31H32ClF3N10O4. The van der Waals surface area contributed by atoms with Crippen molar-refractivity contribution >= 4 is 52.1 Å². The number of nitrogens with zero attached hydrogens (tertiary/aromatic N) is 8.